The van der Waals surface area contributed by atoms with Crippen LogP contribution in [0.5, 0.6) is 0 Å². The lowest BCUT2D eigenvalue weighted by atomic mass is 9.80. The molecule has 0 aliphatic rings. The van der Waals surface area contributed by atoms with Gasteiger partial charge in [0, 0.05) is 5.02 Å². The Hall–Kier alpha value is -0.980. The van der Waals surface area contributed by atoms with E-state index in [1.165, 1.54) is 0 Å². The second-order valence-electron chi connectivity index (χ2n) is 4.11. The Balaban J connectivity index is 3.31. The van der Waals surface area contributed by atoms with Gasteiger partial charge in [0.05, 0.1) is 0 Å². The fourth-order valence-corrected chi connectivity index (χ4v) is 1.54. The lowest BCUT2D eigenvalue weighted by molar-refractivity contribution is -0.353. The van der Waals surface area contributed by atoms with Gasteiger partial charge in [0.2, 0.25) is 0 Å². The van der Waals surface area contributed by atoms with Crippen molar-refractivity contribution in [2.45, 2.75) is 25.4 Å². The number of alkyl halides is 7. The van der Waals surface area contributed by atoms with Gasteiger partial charge in [-0.25, -0.2) is 4.39 Å². The molecule has 19 heavy (non-hydrogen) atoms. The van der Waals surface area contributed by atoms with Crippen molar-refractivity contribution in [2.75, 3.05) is 0 Å². The third-order valence-electron chi connectivity index (χ3n) is 2.85. The summed E-state index contributed by atoms with van der Waals surface area (Å²) in [6, 6.07) is 3.64. The zero-order valence-corrected chi connectivity index (χ0v) is 10.2. The molecule has 0 nitrogen and oxygen atoms in total. The zero-order chi connectivity index (χ0) is 15.1. The average molecular weight is 309 g/mol. The van der Waals surface area contributed by atoms with E-state index in [0.29, 0.717) is 0 Å². The zero-order valence-electron chi connectivity index (χ0n) is 9.41. The molecule has 0 fully saturated rings. The van der Waals surface area contributed by atoms with Crippen LogP contribution in [0.4, 0.5) is 30.7 Å². The van der Waals surface area contributed by atoms with E-state index in [0.717, 1.165) is 24.3 Å². The number of hydrogen-bond acceptors (Lipinski definition) is 0. The standard InChI is InChI=1S/C11H8ClF7/c1-9(10(14,15)16,11(17,18)19)8(13)6-2-4-7(12)5-3-6/h2-5,8H,1H3. The minimum atomic E-state index is -5.77. The van der Waals surface area contributed by atoms with E-state index in [4.69, 9.17) is 11.6 Å². The summed E-state index contributed by atoms with van der Waals surface area (Å²) in [5.41, 5.74) is -5.21. The van der Waals surface area contributed by atoms with Crippen LogP contribution in [0.25, 0.3) is 0 Å². The van der Waals surface area contributed by atoms with Crippen molar-refractivity contribution in [3.05, 3.63) is 34.9 Å². The maximum Gasteiger partial charge on any atom is 0.406 e. The summed E-state index contributed by atoms with van der Waals surface area (Å²) in [5, 5.41) is 0.0803. The van der Waals surface area contributed by atoms with Gasteiger partial charge < -0.3 is 0 Å². The topological polar surface area (TPSA) is 0 Å². The Morgan fingerprint density at radius 2 is 1.26 bits per heavy atom. The molecule has 0 bridgehead atoms. The highest BCUT2D eigenvalue weighted by Gasteiger charge is 2.72. The number of halogens is 8. The van der Waals surface area contributed by atoms with Crippen LogP contribution in [0.15, 0.2) is 24.3 Å². The monoisotopic (exact) mass is 308 g/mol. The summed E-state index contributed by atoms with van der Waals surface area (Å²) in [6.45, 7) is -0.202. The molecule has 1 atom stereocenters. The summed E-state index contributed by atoms with van der Waals surface area (Å²) < 4.78 is 89.6. The minimum absolute atomic E-state index is 0.0803. The van der Waals surface area contributed by atoms with Gasteiger partial charge >= 0.3 is 12.4 Å². The van der Waals surface area contributed by atoms with Crippen molar-refractivity contribution >= 4 is 11.6 Å². The Bertz CT molecular complexity index is 418. The molecule has 8 heteroatoms. The quantitative estimate of drug-likeness (QED) is 0.634. The summed E-state index contributed by atoms with van der Waals surface area (Å²) in [4.78, 5) is 0. The summed E-state index contributed by atoms with van der Waals surface area (Å²) in [7, 11) is 0. The Labute approximate surface area is 109 Å². The molecule has 0 saturated carbocycles. The largest absolute Gasteiger partial charge is 0.406 e. The molecule has 0 spiro atoms. The molecule has 0 aromatic heterocycles. The molecule has 0 amide bonds. The first-order valence-electron chi connectivity index (χ1n) is 4.94. The third-order valence-corrected chi connectivity index (χ3v) is 3.10. The van der Waals surface area contributed by atoms with Gasteiger partial charge in [0.15, 0.2) is 5.41 Å². The summed E-state index contributed by atoms with van der Waals surface area (Å²) in [6.07, 6.45) is -14.8. The SMILES string of the molecule is CC(C(F)c1ccc(Cl)cc1)(C(F)(F)F)C(F)(F)F. The minimum Gasteiger partial charge on any atom is -0.241 e. The second kappa shape index (κ2) is 4.85. The highest BCUT2D eigenvalue weighted by Crippen LogP contribution is 2.58. The lowest BCUT2D eigenvalue weighted by Gasteiger charge is -2.36. The molecule has 0 N–H and O–H groups in total. The van der Waals surface area contributed by atoms with Gasteiger partial charge in [-0.2, -0.15) is 26.3 Å². The van der Waals surface area contributed by atoms with Crippen molar-refractivity contribution in [3.63, 3.8) is 0 Å². The molecular weight excluding hydrogens is 301 g/mol. The van der Waals surface area contributed by atoms with Crippen LogP contribution in [0, 0.1) is 5.41 Å². The Morgan fingerprint density at radius 3 is 1.58 bits per heavy atom. The van der Waals surface area contributed by atoms with Crippen LogP contribution in [0.1, 0.15) is 18.7 Å². The highest BCUT2D eigenvalue weighted by molar-refractivity contribution is 6.30. The fraction of sp³-hybridized carbons (Fsp3) is 0.455. The smallest absolute Gasteiger partial charge is 0.241 e. The molecule has 1 rings (SSSR count). The molecular formula is C11H8ClF7. The normalized spacial score (nSPS) is 15.4. The van der Waals surface area contributed by atoms with Crippen LogP contribution in [-0.4, -0.2) is 12.4 Å². The van der Waals surface area contributed by atoms with Gasteiger partial charge in [0.25, 0.3) is 0 Å². The van der Waals surface area contributed by atoms with E-state index in [9.17, 15) is 30.7 Å². The van der Waals surface area contributed by atoms with Crippen LogP contribution >= 0.6 is 11.6 Å². The molecule has 0 aliphatic carbocycles. The second-order valence-corrected chi connectivity index (χ2v) is 4.55. The molecule has 0 saturated heterocycles. The predicted octanol–water partition coefficient (Wildman–Crippen LogP) is 5.48. The first-order chi connectivity index (χ1) is 8.41. The van der Waals surface area contributed by atoms with Gasteiger partial charge in [-0.05, 0) is 24.6 Å². The van der Waals surface area contributed by atoms with E-state index in [1.807, 2.05) is 0 Å². The van der Waals surface area contributed by atoms with Crippen molar-refractivity contribution in [1.29, 1.82) is 0 Å². The van der Waals surface area contributed by atoms with Crippen molar-refractivity contribution in [3.8, 4) is 0 Å². The first-order valence-corrected chi connectivity index (χ1v) is 5.32. The van der Waals surface area contributed by atoms with E-state index in [1.54, 1.807) is 0 Å². The molecule has 0 aliphatic heterocycles. The average Bonchev–Trinajstić information content (AvgIpc) is 2.25. The van der Waals surface area contributed by atoms with Crippen LogP contribution in [0.3, 0.4) is 0 Å². The fourth-order valence-electron chi connectivity index (χ4n) is 1.41. The molecule has 1 aromatic rings. The van der Waals surface area contributed by atoms with Crippen LogP contribution < -0.4 is 0 Å². The van der Waals surface area contributed by atoms with E-state index in [-0.39, 0.29) is 11.9 Å². The van der Waals surface area contributed by atoms with Gasteiger partial charge in [0.1, 0.15) is 6.17 Å². The Morgan fingerprint density at radius 1 is 0.895 bits per heavy atom. The van der Waals surface area contributed by atoms with Gasteiger partial charge in [-0.3, -0.25) is 0 Å². The van der Waals surface area contributed by atoms with E-state index in [2.05, 4.69) is 0 Å². The Kier molecular flexibility index (Phi) is 4.10. The number of hydrogen-bond donors (Lipinski definition) is 0. The number of benzene rings is 1. The molecule has 0 radical (unpaired) electrons. The lowest BCUT2D eigenvalue weighted by Crippen LogP contribution is -2.50. The summed E-state index contributed by atoms with van der Waals surface area (Å²) >= 11 is 5.44. The summed E-state index contributed by atoms with van der Waals surface area (Å²) in [5.74, 6) is 0. The highest BCUT2D eigenvalue weighted by atomic mass is 35.5. The first kappa shape index (κ1) is 16.1. The van der Waals surface area contributed by atoms with Crippen molar-refractivity contribution < 1.29 is 30.7 Å². The van der Waals surface area contributed by atoms with Gasteiger partial charge in [-0.1, -0.05) is 23.7 Å². The van der Waals surface area contributed by atoms with E-state index >= 15 is 0 Å². The van der Waals surface area contributed by atoms with Crippen LogP contribution in [-0.2, 0) is 0 Å². The molecule has 0 heterocycles. The van der Waals surface area contributed by atoms with Gasteiger partial charge in [-0.15, -0.1) is 0 Å². The maximum atomic E-state index is 13.8. The van der Waals surface area contributed by atoms with Crippen molar-refractivity contribution in [1.82, 2.24) is 0 Å². The maximum absolute atomic E-state index is 13.8. The molecule has 1 aromatic carbocycles. The van der Waals surface area contributed by atoms with Crippen molar-refractivity contribution in [2.24, 2.45) is 5.41 Å². The third kappa shape index (κ3) is 2.80. The molecule has 108 valence electrons. The van der Waals surface area contributed by atoms with Crippen LogP contribution in [0.2, 0.25) is 5.02 Å². The van der Waals surface area contributed by atoms with E-state index < -0.39 is 29.5 Å². The predicted molar refractivity (Wildman–Crippen MR) is 55.5 cm³/mol. The molecule has 1 unspecified atom stereocenters. The number of rotatable bonds is 2.